The molecule has 1 aromatic carbocycles. The highest BCUT2D eigenvalue weighted by atomic mass is 79.9. The maximum Gasteiger partial charge on any atom is 0.400 e. The van der Waals surface area contributed by atoms with Gasteiger partial charge in [0.1, 0.15) is 22.4 Å². The van der Waals surface area contributed by atoms with Gasteiger partial charge in [-0.05, 0) is 40.2 Å². The summed E-state index contributed by atoms with van der Waals surface area (Å²) in [7, 11) is 0. The third-order valence-electron chi connectivity index (χ3n) is 1.50. The van der Waals surface area contributed by atoms with Gasteiger partial charge in [0.2, 0.25) is 0 Å². The van der Waals surface area contributed by atoms with Crippen LogP contribution in [0.4, 0.5) is 0 Å². The van der Waals surface area contributed by atoms with E-state index in [1.165, 1.54) is 18.4 Å². The van der Waals surface area contributed by atoms with Crippen molar-refractivity contribution in [3.63, 3.8) is 0 Å². The third-order valence-corrected chi connectivity index (χ3v) is 1.86. The van der Waals surface area contributed by atoms with Crippen molar-refractivity contribution >= 4 is 15.9 Å². The van der Waals surface area contributed by atoms with Crippen LogP contribution in [0.5, 0.6) is 17.6 Å². The molecule has 2 rings (SSSR count). The fourth-order valence-corrected chi connectivity index (χ4v) is 1.14. The highest BCUT2D eigenvalue weighted by Crippen LogP contribution is 2.23. The van der Waals surface area contributed by atoms with Gasteiger partial charge in [0, 0.05) is 0 Å². The van der Waals surface area contributed by atoms with E-state index in [1.807, 2.05) is 0 Å². The Morgan fingerprint density at radius 2 is 2.00 bits per heavy atom. The number of oxazole rings is 1. The second-order valence-corrected chi connectivity index (χ2v) is 3.34. The molecule has 0 spiro atoms. The molecule has 0 bridgehead atoms. The molecule has 0 amide bonds. The van der Waals surface area contributed by atoms with Crippen molar-refractivity contribution in [2.75, 3.05) is 0 Å². The Morgan fingerprint density at radius 3 is 2.57 bits per heavy atom. The van der Waals surface area contributed by atoms with E-state index < -0.39 is 0 Å². The maximum atomic E-state index is 9.02. The largest absolute Gasteiger partial charge is 0.508 e. The average Bonchev–Trinajstić information content (AvgIpc) is 2.56. The van der Waals surface area contributed by atoms with Crippen LogP contribution in [-0.2, 0) is 0 Å². The number of aromatic hydroxyl groups is 1. The molecule has 0 fully saturated rings. The quantitative estimate of drug-likeness (QED) is 0.897. The average molecular weight is 256 g/mol. The van der Waals surface area contributed by atoms with Gasteiger partial charge in [-0.2, -0.15) is 4.98 Å². The zero-order chi connectivity index (χ0) is 9.97. The molecule has 0 atom stereocenters. The van der Waals surface area contributed by atoms with Gasteiger partial charge in [-0.15, -0.1) is 0 Å². The Morgan fingerprint density at radius 1 is 1.29 bits per heavy atom. The summed E-state index contributed by atoms with van der Waals surface area (Å²) in [4.78, 5) is 3.89. The van der Waals surface area contributed by atoms with Gasteiger partial charge in [-0.1, -0.05) is 0 Å². The van der Waals surface area contributed by atoms with E-state index in [9.17, 15) is 0 Å². The first-order chi connectivity index (χ1) is 6.74. The van der Waals surface area contributed by atoms with Crippen molar-refractivity contribution in [3.8, 4) is 17.6 Å². The predicted octanol–water partition coefficient (Wildman–Crippen LogP) is 2.94. The zero-order valence-corrected chi connectivity index (χ0v) is 8.56. The summed E-state index contributed by atoms with van der Waals surface area (Å²) in [6.07, 6.45) is 1.58. The molecule has 0 aliphatic heterocycles. The Labute approximate surface area is 88.3 Å². The first-order valence-electron chi connectivity index (χ1n) is 3.82. The van der Waals surface area contributed by atoms with Gasteiger partial charge in [0.15, 0.2) is 0 Å². The van der Waals surface area contributed by atoms with Crippen LogP contribution in [0.3, 0.4) is 0 Å². The monoisotopic (exact) mass is 255 g/mol. The smallest absolute Gasteiger partial charge is 0.400 e. The van der Waals surface area contributed by atoms with E-state index in [1.54, 1.807) is 12.1 Å². The van der Waals surface area contributed by atoms with E-state index in [0.717, 1.165) is 0 Å². The number of aromatic nitrogens is 1. The lowest BCUT2D eigenvalue weighted by atomic mass is 10.3. The van der Waals surface area contributed by atoms with Crippen molar-refractivity contribution in [1.29, 1.82) is 0 Å². The van der Waals surface area contributed by atoms with E-state index >= 15 is 0 Å². The normalized spacial score (nSPS) is 10.1. The molecule has 0 saturated carbocycles. The van der Waals surface area contributed by atoms with Crippen LogP contribution < -0.4 is 4.74 Å². The number of hydrogen-bond acceptors (Lipinski definition) is 4. The third kappa shape index (κ3) is 2.05. The fourth-order valence-electron chi connectivity index (χ4n) is 0.901. The number of phenols is 1. The fraction of sp³-hybridized carbons (Fsp3) is 0. The first-order valence-corrected chi connectivity index (χ1v) is 4.61. The van der Waals surface area contributed by atoms with E-state index in [2.05, 4.69) is 20.9 Å². The molecule has 5 heteroatoms. The molecule has 0 aliphatic rings. The highest BCUT2D eigenvalue weighted by Gasteiger charge is 2.03. The minimum absolute atomic E-state index is 0.155. The van der Waals surface area contributed by atoms with Crippen LogP contribution in [0.15, 0.2) is 39.5 Å². The Hall–Kier alpha value is -1.49. The number of nitrogens with zero attached hydrogens (tertiary/aromatic N) is 1. The number of ether oxygens (including phenoxy) is 1. The van der Waals surface area contributed by atoms with Gasteiger partial charge in [0.05, 0.1) is 0 Å². The second kappa shape index (κ2) is 3.71. The van der Waals surface area contributed by atoms with Crippen LogP contribution in [0.1, 0.15) is 0 Å². The lowest BCUT2D eigenvalue weighted by Gasteiger charge is -1.99. The summed E-state index contributed by atoms with van der Waals surface area (Å²) in [6.45, 7) is 0. The van der Waals surface area contributed by atoms with Gasteiger partial charge in [-0.25, -0.2) is 0 Å². The molecule has 14 heavy (non-hydrogen) atoms. The number of rotatable bonds is 2. The maximum absolute atomic E-state index is 9.02. The zero-order valence-electron chi connectivity index (χ0n) is 6.98. The first kappa shape index (κ1) is 9.08. The van der Waals surface area contributed by atoms with E-state index in [0.29, 0.717) is 10.4 Å². The van der Waals surface area contributed by atoms with E-state index in [4.69, 9.17) is 14.3 Å². The van der Waals surface area contributed by atoms with Crippen LogP contribution >= 0.6 is 15.9 Å². The molecular weight excluding hydrogens is 250 g/mol. The van der Waals surface area contributed by atoms with Crippen LogP contribution in [0.2, 0.25) is 0 Å². The molecular formula is C9H6BrNO3. The lowest BCUT2D eigenvalue weighted by Crippen LogP contribution is -1.82. The van der Waals surface area contributed by atoms with Crippen LogP contribution in [0, 0.1) is 0 Å². The van der Waals surface area contributed by atoms with Gasteiger partial charge >= 0.3 is 6.08 Å². The van der Waals surface area contributed by atoms with Crippen LogP contribution in [-0.4, -0.2) is 10.1 Å². The summed E-state index contributed by atoms with van der Waals surface area (Å²) >= 11 is 3.13. The van der Waals surface area contributed by atoms with Crippen molar-refractivity contribution < 1.29 is 14.3 Å². The SMILES string of the molecule is Oc1ccc(Oc2nc(Br)co2)cc1. The highest BCUT2D eigenvalue weighted by molar-refractivity contribution is 9.10. The number of phenolic OH excluding ortho intramolecular Hbond substituents is 1. The summed E-state index contributed by atoms with van der Waals surface area (Å²) in [6, 6.07) is 6.28. The number of benzene rings is 1. The molecule has 0 saturated heterocycles. The molecule has 1 N–H and O–H groups in total. The molecule has 1 aromatic heterocycles. The minimum Gasteiger partial charge on any atom is -0.508 e. The molecule has 0 radical (unpaired) electrons. The molecule has 2 aromatic rings. The van der Waals surface area contributed by atoms with Crippen molar-refractivity contribution in [3.05, 3.63) is 35.1 Å². The van der Waals surface area contributed by atoms with Crippen molar-refractivity contribution in [1.82, 2.24) is 4.98 Å². The summed E-state index contributed by atoms with van der Waals surface area (Å²) < 4.78 is 10.8. The lowest BCUT2D eigenvalue weighted by molar-refractivity contribution is 0.330. The number of halogens is 1. The summed E-state index contributed by atoms with van der Waals surface area (Å²) in [5.41, 5.74) is 0. The topological polar surface area (TPSA) is 55.5 Å². The Bertz CT molecular complexity index is 424. The minimum atomic E-state index is 0.155. The predicted molar refractivity (Wildman–Crippen MR) is 52.4 cm³/mol. The molecule has 0 unspecified atom stereocenters. The Balaban J connectivity index is 2.15. The number of hydrogen-bond donors (Lipinski definition) is 1. The van der Waals surface area contributed by atoms with Crippen molar-refractivity contribution in [2.24, 2.45) is 0 Å². The van der Waals surface area contributed by atoms with Gasteiger partial charge < -0.3 is 14.3 Å². The standard InChI is InChI=1S/C9H6BrNO3/c10-8-5-13-9(11-8)14-7-3-1-6(12)2-4-7/h1-5,12H. The van der Waals surface area contributed by atoms with Crippen LogP contribution in [0.25, 0.3) is 0 Å². The van der Waals surface area contributed by atoms with Gasteiger partial charge in [-0.3, -0.25) is 0 Å². The molecule has 4 nitrogen and oxygen atoms in total. The Kier molecular flexibility index (Phi) is 2.41. The molecule has 1 heterocycles. The van der Waals surface area contributed by atoms with Gasteiger partial charge in [0.25, 0.3) is 0 Å². The van der Waals surface area contributed by atoms with Crippen molar-refractivity contribution in [2.45, 2.75) is 0 Å². The summed E-state index contributed by atoms with van der Waals surface area (Å²) in [5, 5.41) is 9.02. The molecule has 0 aliphatic carbocycles. The van der Waals surface area contributed by atoms with E-state index in [-0.39, 0.29) is 11.8 Å². The summed E-state index contributed by atoms with van der Waals surface area (Å²) in [5.74, 6) is 0.739. The molecule has 72 valence electrons. The second-order valence-electron chi connectivity index (χ2n) is 2.53.